The summed E-state index contributed by atoms with van der Waals surface area (Å²) in [6.07, 6.45) is 11.8. The molecular formula is C47H67N7O3. The Labute approximate surface area is 341 Å². The molecule has 0 bridgehead atoms. The molecule has 0 amide bonds. The van der Waals surface area contributed by atoms with Crippen LogP contribution in [0, 0.1) is 13.8 Å². The number of carboxylic acid groups (broad SMARTS) is 1. The number of rotatable bonds is 22. The van der Waals surface area contributed by atoms with Gasteiger partial charge >= 0.3 is 5.97 Å². The van der Waals surface area contributed by atoms with Gasteiger partial charge in [0.1, 0.15) is 17.4 Å². The number of nitrogens with two attached hydrogens (primary N) is 2. The lowest BCUT2D eigenvalue weighted by atomic mass is 9.98. The molecule has 1 aliphatic rings. The summed E-state index contributed by atoms with van der Waals surface area (Å²) in [7, 11) is 3.59. The van der Waals surface area contributed by atoms with Crippen molar-refractivity contribution in [3.63, 3.8) is 0 Å². The van der Waals surface area contributed by atoms with Crippen molar-refractivity contribution in [1.82, 2.24) is 24.7 Å². The van der Waals surface area contributed by atoms with Gasteiger partial charge in [-0.2, -0.15) is 0 Å². The van der Waals surface area contributed by atoms with E-state index in [4.69, 9.17) is 26.3 Å². The smallest absolute Gasteiger partial charge is 0.317 e. The van der Waals surface area contributed by atoms with E-state index in [1.807, 2.05) is 14.0 Å². The summed E-state index contributed by atoms with van der Waals surface area (Å²) in [5, 5.41) is 9.03. The van der Waals surface area contributed by atoms with Crippen LogP contribution in [-0.4, -0.2) is 89.2 Å². The molecule has 0 radical (unpaired) electrons. The van der Waals surface area contributed by atoms with Gasteiger partial charge in [-0.05, 0) is 117 Å². The number of aliphatic carboxylic acids is 1. The number of nitrogen functional groups attached to an aromatic ring is 2. The minimum Gasteiger partial charge on any atom is -0.496 e. The molecule has 0 aliphatic carbocycles. The van der Waals surface area contributed by atoms with Crippen LogP contribution in [0.2, 0.25) is 0 Å². The highest BCUT2D eigenvalue weighted by atomic mass is 16.5. The molecule has 57 heavy (non-hydrogen) atoms. The second kappa shape index (κ2) is 21.9. The molecule has 1 aliphatic heterocycles. The lowest BCUT2D eigenvalue weighted by molar-refractivity contribution is -0.138. The summed E-state index contributed by atoms with van der Waals surface area (Å²) >= 11 is 0. The third-order valence-corrected chi connectivity index (χ3v) is 11.5. The van der Waals surface area contributed by atoms with E-state index in [-0.39, 0.29) is 6.54 Å². The molecule has 4 aromatic rings. The van der Waals surface area contributed by atoms with Gasteiger partial charge < -0.3 is 26.2 Å². The summed E-state index contributed by atoms with van der Waals surface area (Å²) in [6, 6.07) is 19.6. The molecule has 5 N–H and O–H groups in total. The Morgan fingerprint density at radius 1 is 0.719 bits per heavy atom. The molecule has 5 rings (SSSR count). The fraction of sp³-hybridized carbons (Fsp3) is 0.511. The zero-order valence-corrected chi connectivity index (χ0v) is 35.3. The predicted octanol–water partition coefficient (Wildman–Crippen LogP) is 7.62. The number of likely N-dealkylation sites (N-methyl/N-ethyl adjacent to an activating group) is 1. The van der Waals surface area contributed by atoms with Gasteiger partial charge in [-0.1, -0.05) is 81.1 Å². The number of aryl methyl sites for hydroxylation is 4. The quantitative estimate of drug-likeness (QED) is 0.0685. The maximum absolute atomic E-state index is 11.0. The first-order valence-corrected chi connectivity index (χ1v) is 21.1. The van der Waals surface area contributed by atoms with Gasteiger partial charge in [0.25, 0.3) is 0 Å². The van der Waals surface area contributed by atoms with Crippen LogP contribution >= 0.6 is 0 Å². The monoisotopic (exact) mass is 778 g/mol. The van der Waals surface area contributed by atoms with E-state index in [2.05, 4.69) is 83.2 Å². The van der Waals surface area contributed by atoms with Crippen LogP contribution in [0.1, 0.15) is 108 Å². The summed E-state index contributed by atoms with van der Waals surface area (Å²) in [6.45, 7) is 13.4. The number of unbranched alkanes of at least 4 members (excludes halogenated alkanes) is 5. The SMILES string of the molecule is CCCCCc1cc(Cc2ccc(CN3CCN(CCCCCCc4cc(Cc5ccc(CN(C)CC(=O)O)cc5)c(C)nc4N)CC3)cc2OC)c(C)nc1N. The minimum atomic E-state index is -0.816. The van der Waals surface area contributed by atoms with Gasteiger partial charge in [-0.15, -0.1) is 0 Å². The number of methoxy groups -OCH3 is 1. The van der Waals surface area contributed by atoms with Crippen LogP contribution in [0.4, 0.5) is 11.6 Å². The minimum absolute atomic E-state index is 0.0264. The zero-order valence-electron chi connectivity index (χ0n) is 35.3. The Bertz CT molecular complexity index is 1890. The van der Waals surface area contributed by atoms with Crippen molar-refractivity contribution in [3.8, 4) is 5.75 Å². The number of carbonyl (C=O) groups is 1. The number of ether oxygens (including phenoxy) is 1. The number of benzene rings is 2. The molecule has 0 saturated carbocycles. The van der Waals surface area contributed by atoms with Gasteiger partial charge in [0, 0.05) is 57.1 Å². The van der Waals surface area contributed by atoms with E-state index < -0.39 is 5.97 Å². The van der Waals surface area contributed by atoms with Gasteiger partial charge in [-0.25, -0.2) is 9.97 Å². The molecule has 0 spiro atoms. The van der Waals surface area contributed by atoms with Crippen molar-refractivity contribution in [1.29, 1.82) is 0 Å². The van der Waals surface area contributed by atoms with Crippen molar-refractivity contribution >= 4 is 17.6 Å². The molecule has 1 saturated heterocycles. The van der Waals surface area contributed by atoms with Crippen molar-refractivity contribution in [2.45, 2.75) is 104 Å². The van der Waals surface area contributed by atoms with Crippen LogP contribution < -0.4 is 16.2 Å². The van der Waals surface area contributed by atoms with E-state index in [1.165, 1.54) is 59.9 Å². The normalized spacial score (nSPS) is 13.7. The molecule has 0 atom stereocenters. The first-order valence-electron chi connectivity index (χ1n) is 21.1. The van der Waals surface area contributed by atoms with Gasteiger partial charge in [0.05, 0.1) is 13.7 Å². The fourth-order valence-electron chi connectivity index (χ4n) is 8.00. The summed E-state index contributed by atoms with van der Waals surface area (Å²) in [5.41, 5.74) is 24.2. The van der Waals surface area contributed by atoms with Gasteiger partial charge in [0.15, 0.2) is 0 Å². The molecule has 2 aromatic carbocycles. The number of carboxylic acids is 1. The Morgan fingerprint density at radius 3 is 1.89 bits per heavy atom. The molecule has 10 nitrogen and oxygen atoms in total. The van der Waals surface area contributed by atoms with Crippen molar-refractivity contribution in [3.05, 3.63) is 110 Å². The Kier molecular flexibility index (Phi) is 16.7. The third-order valence-electron chi connectivity index (χ3n) is 11.5. The maximum atomic E-state index is 11.0. The average Bonchev–Trinajstić information content (AvgIpc) is 3.18. The predicted molar refractivity (Wildman–Crippen MR) is 233 cm³/mol. The Balaban J connectivity index is 1.01. The molecule has 308 valence electrons. The van der Waals surface area contributed by atoms with Crippen molar-refractivity contribution in [2.75, 3.05) is 64.9 Å². The van der Waals surface area contributed by atoms with E-state index in [0.29, 0.717) is 18.2 Å². The van der Waals surface area contributed by atoms with E-state index in [9.17, 15) is 4.79 Å². The lowest BCUT2D eigenvalue weighted by Crippen LogP contribution is -2.46. The second-order valence-electron chi connectivity index (χ2n) is 16.2. The van der Waals surface area contributed by atoms with E-state index in [1.54, 1.807) is 12.0 Å². The molecule has 3 heterocycles. The fourth-order valence-corrected chi connectivity index (χ4v) is 8.00. The van der Waals surface area contributed by atoms with Crippen molar-refractivity contribution < 1.29 is 14.6 Å². The molecule has 1 fully saturated rings. The average molecular weight is 778 g/mol. The van der Waals surface area contributed by atoms with Crippen molar-refractivity contribution in [2.24, 2.45) is 0 Å². The molecule has 10 heteroatoms. The topological polar surface area (TPSA) is 134 Å². The summed E-state index contributed by atoms with van der Waals surface area (Å²) in [5.74, 6) is 1.45. The first-order chi connectivity index (χ1) is 27.5. The first kappa shape index (κ1) is 43.6. The highest BCUT2D eigenvalue weighted by Gasteiger charge is 2.18. The summed E-state index contributed by atoms with van der Waals surface area (Å²) < 4.78 is 5.90. The number of aromatic nitrogens is 2. The number of nitrogens with zero attached hydrogens (tertiary/aromatic N) is 5. The van der Waals surface area contributed by atoms with Crippen LogP contribution in [0.3, 0.4) is 0 Å². The standard InChI is InChI=1S/C47H67N7O3/c1-6-7-10-13-40-30-43(35(3)51-46(40)48)28-39-20-19-38(27-44(39)57-5)32-54-24-22-53(23-25-54)21-12-9-8-11-14-41-29-42(34(2)50-47(41)49)26-36-15-17-37(18-16-36)31-52(4)33-45(55)56/h15-20,27,29-30H,6-14,21-26,28,31-33H2,1-5H3,(H2,48,51)(H2,49,50)(H,55,56). The molecule has 2 aromatic heterocycles. The van der Waals surface area contributed by atoms with Crippen LogP contribution in [-0.2, 0) is 43.6 Å². The Morgan fingerprint density at radius 2 is 1.28 bits per heavy atom. The van der Waals surface area contributed by atoms with E-state index in [0.717, 1.165) is 112 Å². The maximum Gasteiger partial charge on any atom is 0.317 e. The number of hydrogen-bond acceptors (Lipinski definition) is 9. The zero-order chi connectivity index (χ0) is 40.7. The van der Waals surface area contributed by atoms with Gasteiger partial charge in [0.2, 0.25) is 0 Å². The number of anilines is 2. The number of hydrogen-bond donors (Lipinski definition) is 3. The molecule has 0 unspecified atom stereocenters. The largest absolute Gasteiger partial charge is 0.496 e. The highest BCUT2D eigenvalue weighted by Crippen LogP contribution is 2.27. The summed E-state index contributed by atoms with van der Waals surface area (Å²) in [4.78, 5) is 27.4. The van der Waals surface area contributed by atoms with Crippen LogP contribution in [0.25, 0.3) is 0 Å². The third kappa shape index (κ3) is 13.5. The number of pyridine rings is 2. The van der Waals surface area contributed by atoms with Crippen LogP contribution in [0.15, 0.2) is 54.6 Å². The molecular weight excluding hydrogens is 711 g/mol. The van der Waals surface area contributed by atoms with E-state index >= 15 is 0 Å². The van der Waals surface area contributed by atoms with Crippen LogP contribution in [0.5, 0.6) is 5.75 Å². The highest BCUT2D eigenvalue weighted by molar-refractivity contribution is 5.69. The Hall–Kier alpha value is -4.51. The number of piperazine rings is 1. The second-order valence-corrected chi connectivity index (χ2v) is 16.2. The lowest BCUT2D eigenvalue weighted by Gasteiger charge is -2.34. The van der Waals surface area contributed by atoms with Gasteiger partial charge in [-0.3, -0.25) is 14.6 Å².